The molecule has 1 aromatic carbocycles. The predicted molar refractivity (Wildman–Crippen MR) is 71.2 cm³/mol. The second-order valence-corrected chi connectivity index (χ2v) is 4.39. The molecule has 1 unspecified atom stereocenters. The summed E-state index contributed by atoms with van der Waals surface area (Å²) in [6.07, 6.45) is 4.57. The number of benzene rings is 1. The summed E-state index contributed by atoms with van der Waals surface area (Å²) in [6, 6.07) is 12.3. The minimum atomic E-state index is 0.274. The molecule has 0 aliphatic rings. The zero-order chi connectivity index (χ0) is 12.1. The van der Waals surface area contributed by atoms with Gasteiger partial charge >= 0.3 is 0 Å². The van der Waals surface area contributed by atoms with Gasteiger partial charge in [-0.25, -0.2) is 0 Å². The molecule has 88 valence electrons. The minimum absolute atomic E-state index is 0.274. The van der Waals surface area contributed by atoms with Crippen molar-refractivity contribution in [3.8, 4) is 0 Å². The fourth-order valence-corrected chi connectivity index (χ4v) is 2.06. The molecule has 17 heavy (non-hydrogen) atoms. The van der Waals surface area contributed by atoms with E-state index in [0.717, 1.165) is 11.4 Å². The van der Waals surface area contributed by atoms with E-state index in [-0.39, 0.29) is 6.04 Å². The molecular formula is C14H15ClN2. The van der Waals surface area contributed by atoms with Crippen molar-refractivity contribution < 1.29 is 0 Å². The summed E-state index contributed by atoms with van der Waals surface area (Å²) in [5, 5.41) is 4.09. The molecule has 0 amide bonds. The molecule has 0 aliphatic heterocycles. The number of rotatable bonds is 4. The van der Waals surface area contributed by atoms with E-state index in [0.29, 0.717) is 0 Å². The van der Waals surface area contributed by atoms with Gasteiger partial charge in [-0.1, -0.05) is 23.7 Å². The Balaban J connectivity index is 2.17. The molecule has 0 aliphatic carbocycles. The molecule has 0 radical (unpaired) electrons. The van der Waals surface area contributed by atoms with Crippen LogP contribution in [0.4, 0.5) is 0 Å². The fraction of sp³-hybridized carbons (Fsp3) is 0.214. The van der Waals surface area contributed by atoms with Crippen molar-refractivity contribution in [2.24, 2.45) is 0 Å². The molecule has 1 heterocycles. The highest BCUT2D eigenvalue weighted by atomic mass is 35.5. The predicted octanol–water partition coefficient (Wildman–Crippen LogP) is 3.24. The van der Waals surface area contributed by atoms with Crippen molar-refractivity contribution in [3.63, 3.8) is 0 Å². The summed E-state index contributed by atoms with van der Waals surface area (Å²) < 4.78 is 0. The number of halogens is 1. The van der Waals surface area contributed by atoms with Gasteiger partial charge < -0.3 is 5.32 Å². The second-order valence-electron chi connectivity index (χ2n) is 3.96. The fourth-order valence-electron chi connectivity index (χ4n) is 1.86. The van der Waals surface area contributed by atoms with Gasteiger partial charge in [0.15, 0.2) is 0 Å². The lowest BCUT2D eigenvalue weighted by Crippen LogP contribution is -2.18. The summed E-state index contributed by atoms with van der Waals surface area (Å²) in [6.45, 7) is 0. The van der Waals surface area contributed by atoms with E-state index < -0.39 is 0 Å². The van der Waals surface area contributed by atoms with Gasteiger partial charge in [0.05, 0.1) is 0 Å². The van der Waals surface area contributed by atoms with Crippen LogP contribution in [-0.2, 0) is 6.42 Å². The van der Waals surface area contributed by atoms with Crippen molar-refractivity contribution >= 4 is 11.6 Å². The maximum absolute atomic E-state index is 6.01. The van der Waals surface area contributed by atoms with Gasteiger partial charge in [0.2, 0.25) is 0 Å². The van der Waals surface area contributed by atoms with Crippen LogP contribution in [0.25, 0.3) is 0 Å². The molecule has 0 fully saturated rings. The molecule has 2 nitrogen and oxygen atoms in total. The number of pyridine rings is 1. The number of hydrogen-bond donors (Lipinski definition) is 1. The Morgan fingerprint density at radius 2 is 2.00 bits per heavy atom. The van der Waals surface area contributed by atoms with Crippen LogP contribution in [0.5, 0.6) is 0 Å². The van der Waals surface area contributed by atoms with E-state index in [9.17, 15) is 0 Å². The van der Waals surface area contributed by atoms with Crippen molar-refractivity contribution in [2.45, 2.75) is 12.5 Å². The lowest BCUT2D eigenvalue weighted by molar-refractivity contribution is 0.592. The summed E-state index contributed by atoms with van der Waals surface area (Å²) in [5.74, 6) is 0. The first kappa shape index (κ1) is 12.1. The Bertz CT molecular complexity index is 471. The van der Waals surface area contributed by atoms with Crippen LogP contribution in [0.3, 0.4) is 0 Å². The third kappa shape index (κ3) is 3.29. The van der Waals surface area contributed by atoms with E-state index in [2.05, 4.69) is 16.4 Å². The molecule has 1 N–H and O–H groups in total. The van der Waals surface area contributed by atoms with E-state index in [1.165, 1.54) is 11.1 Å². The maximum atomic E-state index is 6.01. The quantitative estimate of drug-likeness (QED) is 0.896. The molecule has 0 saturated carbocycles. The first-order valence-electron chi connectivity index (χ1n) is 5.61. The van der Waals surface area contributed by atoms with Gasteiger partial charge in [0.25, 0.3) is 0 Å². The Labute approximate surface area is 107 Å². The Morgan fingerprint density at radius 1 is 1.24 bits per heavy atom. The minimum Gasteiger partial charge on any atom is -0.313 e. The first-order valence-corrected chi connectivity index (χ1v) is 5.99. The van der Waals surface area contributed by atoms with Gasteiger partial charge in [-0.05, 0) is 48.9 Å². The highest BCUT2D eigenvalue weighted by molar-refractivity contribution is 6.30. The summed E-state index contributed by atoms with van der Waals surface area (Å²) in [5.41, 5.74) is 2.47. The first-order chi connectivity index (χ1) is 8.29. The number of likely N-dealkylation sites (N-methyl/N-ethyl adjacent to an activating group) is 1. The third-order valence-corrected chi connectivity index (χ3v) is 3.02. The van der Waals surface area contributed by atoms with E-state index in [1.54, 1.807) is 0 Å². The third-order valence-electron chi connectivity index (χ3n) is 2.79. The topological polar surface area (TPSA) is 24.9 Å². The normalized spacial score (nSPS) is 12.4. The van der Waals surface area contributed by atoms with Crippen molar-refractivity contribution in [3.05, 3.63) is 64.9 Å². The molecule has 3 heteroatoms. The van der Waals surface area contributed by atoms with E-state index in [4.69, 9.17) is 11.6 Å². The van der Waals surface area contributed by atoms with Crippen LogP contribution < -0.4 is 5.32 Å². The summed E-state index contributed by atoms with van der Waals surface area (Å²) in [4.78, 5) is 4.02. The highest BCUT2D eigenvalue weighted by Crippen LogP contribution is 2.20. The molecule has 2 aromatic rings. The Morgan fingerprint density at radius 3 is 2.65 bits per heavy atom. The van der Waals surface area contributed by atoms with Crippen molar-refractivity contribution in [2.75, 3.05) is 7.05 Å². The number of aromatic nitrogens is 1. The van der Waals surface area contributed by atoms with Gasteiger partial charge in [0.1, 0.15) is 0 Å². The SMILES string of the molecule is CNC(Cc1ccncc1)c1cccc(Cl)c1. The van der Waals surface area contributed by atoms with Gasteiger partial charge in [-0.3, -0.25) is 4.98 Å². The monoisotopic (exact) mass is 246 g/mol. The summed E-state index contributed by atoms with van der Waals surface area (Å²) >= 11 is 6.01. The molecule has 0 saturated heterocycles. The maximum Gasteiger partial charge on any atom is 0.0409 e. The molecule has 1 aromatic heterocycles. The molecule has 0 bridgehead atoms. The Kier molecular flexibility index (Phi) is 4.13. The van der Waals surface area contributed by atoms with E-state index in [1.807, 2.05) is 49.8 Å². The summed E-state index contributed by atoms with van der Waals surface area (Å²) in [7, 11) is 1.97. The smallest absolute Gasteiger partial charge is 0.0409 e. The molecule has 2 rings (SSSR count). The van der Waals surface area contributed by atoms with E-state index >= 15 is 0 Å². The standard InChI is InChI=1S/C14H15ClN2/c1-16-14(9-11-5-7-17-8-6-11)12-3-2-4-13(15)10-12/h2-8,10,14,16H,9H2,1H3. The van der Waals surface area contributed by atoms with Gasteiger partial charge in [-0.2, -0.15) is 0 Å². The molecule has 0 spiro atoms. The van der Waals surface area contributed by atoms with Crippen molar-refractivity contribution in [1.82, 2.24) is 10.3 Å². The zero-order valence-electron chi connectivity index (χ0n) is 9.73. The highest BCUT2D eigenvalue weighted by Gasteiger charge is 2.10. The van der Waals surface area contributed by atoms with Gasteiger partial charge in [-0.15, -0.1) is 0 Å². The van der Waals surface area contributed by atoms with Gasteiger partial charge in [0, 0.05) is 23.5 Å². The lowest BCUT2D eigenvalue weighted by atomic mass is 10.00. The number of hydrogen-bond acceptors (Lipinski definition) is 2. The van der Waals surface area contributed by atoms with Crippen LogP contribution in [0.15, 0.2) is 48.8 Å². The average Bonchev–Trinajstić information content (AvgIpc) is 2.37. The average molecular weight is 247 g/mol. The molecular weight excluding hydrogens is 232 g/mol. The van der Waals surface area contributed by atoms with Crippen LogP contribution in [0, 0.1) is 0 Å². The van der Waals surface area contributed by atoms with Crippen LogP contribution in [-0.4, -0.2) is 12.0 Å². The second kappa shape index (κ2) is 5.80. The molecule has 1 atom stereocenters. The van der Waals surface area contributed by atoms with Crippen LogP contribution in [0.2, 0.25) is 5.02 Å². The number of nitrogens with one attached hydrogen (secondary N) is 1. The van der Waals surface area contributed by atoms with Crippen LogP contribution in [0.1, 0.15) is 17.2 Å². The Hall–Kier alpha value is -1.38. The van der Waals surface area contributed by atoms with Crippen molar-refractivity contribution in [1.29, 1.82) is 0 Å². The number of nitrogens with zero attached hydrogens (tertiary/aromatic N) is 1. The van der Waals surface area contributed by atoms with Crippen LogP contribution >= 0.6 is 11.6 Å². The largest absolute Gasteiger partial charge is 0.313 e. The zero-order valence-corrected chi connectivity index (χ0v) is 10.5. The lowest BCUT2D eigenvalue weighted by Gasteiger charge is -2.16.